The Hall–Kier alpha value is -6.89. The number of phenolic OH excluding ortho intramolecular Hbond substituents is 1. The first-order valence-electron chi connectivity index (χ1n) is 18.5. The van der Waals surface area contributed by atoms with E-state index in [1.807, 2.05) is 84.9 Å². The van der Waals surface area contributed by atoms with Crippen molar-refractivity contribution in [1.82, 2.24) is 0 Å². The lowest BCUT2D eigenvalue weighted by Crippen LogP contribution is -2.14. The van der Waals surface area contributed by atoms with Gasteiger partial charge in [0, 0.05) is 0 Å². The first-order valence-corrected chi connectivity index (χ1v) is 18.5. The van der Waals surface area contributed by atoms with E-state index in [0.29, 0.717) is 12.8 Å². The molecule has 0 aliphatic rings. The van der Waals surface area contributed by atoms with Crippen LogP contribution < -0.4 is 9.47 Å². The van der Waals surface area contributed by atoms with Crippen molar-refractivity contribution >= 4 is 50.2 Å². The molecule has 58 heavy (non-hydrogen) atoms. The molecular weight excluding hydrogens is 746 g/mol. The molecular formula is C45H47NO12. The highest BCUT2D eigenvalue weighted by Crippen LogP contribution is 2.28. The molecule has 0 heterocycles. The number of aliphatic carboxylic acids is 2. The third-order valence-electron chi connectivity index (χ3n) is 9.56. The van der Waals surface area contributed by atoms with E-state index in [2.05, 4.69) is 4.84 Å². The predicted octanol–water partition coefficient (Wildman–Crippen LogP) is 9.25. The standard InChI is InChI=1S/C18H21NO6.C14H14O3.C13H12O3/c1-13(18(20)24-9-3-4-10-25-19(21)22)14-5-6-16-12-17(23-2)8-7-15(16)11-14;1-9(14(15)16)10-3-4-12-8-13(17-2)6-5-11(12)7-10;1-8(13(15)16)9-2-3-11-7-12(14)5-4-10(11)6-9/h5-8,11-13H,3-4,9-10H2,1-2H3;3-9H,1-2H3,(H,15,16);2-8,14H,1H3,(H,15,16)/t13-;9-;8-/m000/s1. The number of ether oxygens (including phenoxy) is 3. The Labute approximate surface area is 335 Å². The highest BCUT2D eigenvalue weighted by molar-refractivity contribution is 5.88. The summed E-state index contributed by atoms with van der Waals surface area (Å²) in [6.07, 6.45) is 0.976. The molecule has 0 fully saturated rings. The van der Waals surface area contributed by atoms with Gasteiger partial charge in [-0.25, -0.2) is 0 Å². The van der Waals surface area contributed by atoms with Crippen LogP contribution in [0.3, 0.4) is 0 Å². The summed E-state index contributed by atoms with van der Waals surface area (Å²) >= 11 is 0. The van der Waals surface area contributed by atoms with Crippen LogP contribution in [0.25, 0.3) is 32.3 Å². The Bertz CT molecular complexity index is 2380. The Balaban J connectivity index is 0.000000199. The van der Waals surface area contributed by atoms with Crippen LogP contribution in [0.1, 0.15) is 68.1 Å². The van der Waals surface area contributed by atoms with Gasteiger partial charge in [0.05, 0.1) is 45.2 Å². The summed E-state index contributed by atoms with van der Waals surface area (Å²) in [5, 5.41) is 42.3. The van der Waals surface area contributed by atoms with Gasteiger partial charge >= 0.3 is 17.9 Å². The number of fused-ring (bicyclic) bond motifs is 3. The second-order valence-electron chi connectivity index (χ2n) is 13.5. The van der Waals surface area contributed by atoms with Gasteiger partial charge in [-0.15, -0.1) is 10.1 Å². The molecule has 6 aromatic carbocycles. The Morgan fingerprint density at radius 2 is 0.948 bits per heavy atom. The maximum absolute atomic E-state index is 12.1. The van der Waals surface area contributed by atoms with Crippen LogP contribution in [0.2, 0.25) is 0 Å². The van der Waals surface area contributed by atoms with Crippen LogP contribution in [-0.4, -0.2) is 65.7 Å². The SMILES string of the molecule is COc1ccc2cc([C@H](C)C(=O)O)ccc2c1.COc1ccc2cc([C@H](C)C(=O)OCCCCO[N+](=O)[O-])ccc2c1.C[C@H](C(=O)O)c1ccc2cc(O)ccc2c1. The predicted molar refractivity (Wildman–Crippen MR) is 220 cm³/mol. The zero-order valence-corrected chi connectivity index (χ0v) is 32.9. The minimum Gasteiger partial charge on any atom is -0.508 e. The fourth-order valence-corrected chi connectivity index (χ4v) is 5.86. The fraction of sp³-hybridized carbons (Fsp3) is 0.267. The smallest absolute Gasteiger partial charge is 0.313 e. The number of carbonyl (C=O) groups excluding carboxylic acids is 1. The Morgan fingerprint density at radius 3 is 1.38 bits per heavy atom. The molecule has 304 valence electrons. The molecule has 0 aromatic heterocycles. The van der Waals surface area contributed by atoms with Crippen molar-refractivity contribution in [2.45, 2.75) is 51.4 Å². The second-order valence-corrected chi connectivity index (χ2v) is 13.5. The van der Waals surface area contributed by atoms with E-state index in [1.54, 1.807) is 59.3 Å². The summed E-state index contributed by atoms with van der Waals surface area (Å²) in [5.74, 6) is -1.54. The van der Waals surface area contributed by atoms with Gasteiger partial charge in [-0.2, -0.15) is 0 Å². The van der Waals surface area contributed by atoms with E-state index >= 15 is 0 Å². The van der Waals surface area contributed by atoms with Crippen LogP contribution in [0, 0.1) is 10.1 Å². The molecule has 13 nitrogen and oxygen atoms in total. The Morgan fingerprint density at radius 1 is 0.569 bits per heavy atom. The van der Waals surface area contributed by atoms with Crippen LogP contribution >= 0.6 is 0 Å². The maximum Gasteiger partial charge on any atom is 0.313 e. The summed E-state index contributed by atoms with van der Waals surface area (Å²) in [4.78, 5) is 48.1. The molecule has 3 N–H and O–H groups in total. The monoisotopic (exact) mass is 793 g/mol. The quantitative estimate of drug-likeness (QED) is 0.0410. The van der Waals surface area contributed by atoms with E-state index in [0.717, 1.165) is 60.5 Å². The highest BCUT2D eigenvalue weighted by atomic mass is 16.9. The number of methoxy groups -OCH3 is 2. The number of rotatable bonds is 14. The lowest BCUT2D eigenvalue weighted by molar-refractivity contribution is -0.757. The number of aromatic hydroxyl groups is 1. The molecule has 0 amide bonds. The van der Waals surface area contributed by atoms with Gasteiger partial charge in [-0.05, 0) is 119 Å². The number of benzene rings is 6. The molecule has 3 atom stereocenters. The number of hydrogen-bond acceptors (Lipinski definition) is 10. The van der Waals surface area contributed by atoms with Gasteiger partial charge in [-0.1, -0.05) is 72.8 Å². The van der Waals surface area contributed by atoms with Crippen molar-refractivity contribution in [1.29, 1.82) is 0 Å². The molecule has 0 bridgehead atoms. The molecule has 13 heteroatoms. The van der Waals surface area contributed by atoms with Gasteiger partial charge in [0.25, 0.3) is 5.09 Å². The molecule has 0 aliphatic carbocycles. The van der Waals surface area contributed by atoms with Crippen molar-refractivity contribution in [2.24, 2.45) is 0 Å². The molecule has 0 saturated carbocycles. The Kier molecular flexibility index (Phi) is 15.8. The number of phenols is 1. The summed E-state index contributed by atoms with van der Waals surface area (Å²) in [6.45, 7) is 5.36. The van der Waals surface area contributed by atoms with Crippen molar-refractivity contribution in [3.05, 3.63) is 136 Å². The largest absolute Gasteiger partial charge is 0.508 e. The third-order valence-corrected chi connectivity index (χ3v) is 9.56. The van der Waals surface area contributed by atoms with Crippen LogP contribution in [0.4, 0.5) is 0 Å². The van der Waals surface area contributed by atoms with E-state index in [4.69, 9.17) is 24.4 Å². The maximum atomic E-state index is 12.1. The van der Waals surface area contributed by atoms with E-state index < -0.39 is 28.9 Å². The molecule has 6 rings (SSSR count). The lowest BCUT2D eigenvalue weighted by atomic mass is 9.98. The number of carboxylic acids is 2. The highest BCUT2D eigenvalue weighted by Gasteiger charge is 2.18. The lowest BCUT2D eigenvalue weighted by Gasteiger charge is -2.13. The number of unbranched alkanes of at least 4 members (excludes halogenated alkanes) is 1. The van der Waals surface area contributed by atoms with Gasteiger partial charge < -0.3 is 34.4 Å². The van der Waals surface area contributed by atoms with Crippen molar-refractivity contribution in [3.63, 3.8) is 0 Å². The van der Waals surface area contributed by atoms with E-state index in [-0.39, 0.29) is 30.9 Å². The van der Waals surface area contributed by atoms with Gasteiger partial charge in [0.1, 0.15) is 17.2 Å². The van der Waals surface area contributed by atoms with Gasteiger partial charge in [0.15, 0.2) is 0 Å². The molecule has 0 saturated heterocycles. The molecule has 0 unspecified atom stereocenters. The first-order chi connectivity index (χ1) is 27.7. The van der Waals surface area contributed by atoms with Gasteiger partial charge in [-0.3, -0.25) is 14.4 Å². The van der Waals surface area contributed by atoms with E-state index in [1.165, 1.54) is 0 Å². The van der Waals surface area contributed by atoms with Crippen molar-refractivity contribution in [2.75, 3.05) is 27.4 Å². The molecule has 0 spiro atoms. The minimum absolute atomic E-state index is 0.00818. The zero-order chi connectivity index (χ0) is 42.4. The third kappa shape index (κ3) is 12.3. The first kappa shape index (κ1) is 43.8. The summed E-state index contributed by atoms with van der Waals surface area (Å²) in [5.41, 5.74) is 2.46. The number of carboxylic acid groups (broad SMARTS) is 2. The normalized spacial score (nSPS) is 12.2. The number of esters is 1. The minimum atomic E-state index is -0.835. The zero-order valence-electron chi connectivity index (χ0n) is 32.9. The van der Waals surface area contributed by atoms with Crippen molar-refractivity contribution < 1.29 is 53.8 Å². The molecule has 6 aromatic rings. The molecule has 0 radical (unpaired) electrons. The number of hydrogen-bond donors (Lipinski definition) is 3. The summed E-state index contributed by atoms with van der Waals surface area (Å²) < 4.78 is 15.6. The number of carbonyl (C=O) groups is 3. The van der Waals surface area contributed by atoms with Gasteiger partial charge in [0.2, 0.25) is 0 Å². The average Bonchev–Trinajstić information content (AvgIpc) is 3.23. The average molecular weight is 794 g/mol. The van der Waals surface area contributed by atoms with E-state index in [9.17, 15) is 29.6 Å². The summed E-state index contributed by atoms with van der Waals surface area (Å²) in [6, 6.07) is 33.5. The fourth-order valence-electron chi connectivity index (χ4n) is 5.86. The van der Waals surface area contributed by atoms with Crippen molar-refractivity contribution in [3.8, 4) is 17.2 Å². The number of nitrogens with zero attached hydrogens (tertiary/aromatic N) is 1. The van der Waals surface area contributed by atoms with Crippen LogP contribution in [0.15, 0.2) is 109 Å². The van der Waals surface area contributed by atoms with Crippen LogP contribution in [-0.2, 0) is 24.0 Å². The topological polar surface area (TPSA) is 192 Å². The summed E-state index contributed by atoms with van der Waals surface area (Å²) in [7, 11) is 3.25. The molecule has 0 aliphatic heterocycles. The van der Waals surface area contributed by atoms with Crippen LogP contribution in [0.5, 0.6) is 17.2 Å². The second kappa shape index (κ2) is 20.9.